The first-order valence-corrected chi connectivity index (χ1v) is 11.4. The van der Waals surface area contributed by atoms with Crippen molar-refractivity contribution in [2.24, 2.45) is 0 Å². The van der Waals surface area contributed by atoms with Gasteiger partial charge in [-0.2, -0.15) is 0 Å². The van der Waals surface area contributed by atoms with Crippen LogP contribution in [0.2, 0.25) is 0 Å². The maximum atomic E-state index is 12.2. The Hall–Kier alpha value is -2.84. The Balaban J connectivity index is 1.42. The molecule has 6 nitrogen and oxygen atoms in total. The third-order valence-electron chi connectivity index (χ3n) is 4.87. The van der Waals surface area contributed by atoms with Gasteiger partial charge in [0.2, 0.25) is 5.91 Å². The van der Waals surface area contributed by atoms with Gasteiger partial charge < -0.3 is 10.6 Å². The van der Waals surface area contributed by atoms with Crippen LogP contribution in [0.15, 0.2) is 36.7 Å². The van der Waals surface area contributed by atoms with Gasteiger partial charge in [-0.25, -0.2) is 15.0 Å². The predicted octanol–water partition coefficient (Wildman–Crippen LogP) is 5.57. The van der Waals surface area contributed by atoms with E-state index in [2.05, 4.69) is 44.6 Å². The summed E-state index contributed by atoms with van der Waals surface area (Å²) in [7, 11) is 0. The summed E-state index contributed by atoms with van der Waals surface area (Å²) in [6, 6.07) is 10.3. The van der Waals surface area contributed by atoms with E-state index in [1.165, 1.54) is 21.8 Å². The number of carbonyl (C=O) groups excluding carboxylic acids is 1. The Morgan fingerprint density at radius 3 is 2.57 bits per heavy atom. The number of amides is 1. The van der Waals surface area contributed by atoms with E-state index in [4.69, 9.17) is 0 Å². The Labute approximate surface area is 183 Å². The van der Waals surface area contributed by atoms with Gasteiger partial charge in [-0.3, -0.25) is 4.79 Å². The molecule has 4 rings (SSSR count). The largest absolute Gasteiger partial charge is 0.369 e. The predicted molar refractivity (Wildman–Crippen MR) is 126 cm³/mol. The molecular formula is C22H23N5OS2. The molecule has 1 aromatic carbocycles. The fraction of sp³-hybridized carbons (Fsp3) is 0.273. The van der Waals surface area contributed by atoms with Crippen molar-refractivity contribution in [2.45, 2.75) is 33.6 Å². The lowest BCUT2D eigenvalue weighted by Crippen LogP contribution is -2.13. The van der Waals surface area contributed by atoms with Crippen LogP contribution >= 0.6 is 22.7 Å². The summed E-state index contributed by atoms with van der Waals surface area (Å²) in [6.07, 6.45) is 2.72. The van der Waals surface area contributed by atoms with Crippen molar-refractivity contribution in [1.82, 2.24) is 15.0 Å². The molecule has 2 N–H and O–H groups in total. The quantitative estimate of drug-likeness (QED) is 0.369. The van der Waals surface area contributed by atoms with Crippen LogP contribution in [-0.2, 0) is 4.79 Å². The van der Waals surface area contributed by atoms with Gasteiger partial charge in [-0.1, -0.05) is 30.3 Å². The molecule has 0 radical (unpaired) electrons. The lowest BCUT2D eigenvalue weighted by molar-refractivity contribution is -0.116. The van der Waals surface area contributed by atoms with E-state index in [0.29, 0.717) is 24.5 Å². The molecule has 8 heteroatoms. The van der Waals surface area contributed by atoms with E-state index >= 15 is 0 Å². The molecule has 0 unspecified atom stereocenters. The number of thiazole rings is 1. The fourth-order valence-electron chi connectivity index (χ4n) is 3.29. The van der Waals surface area contributed by atoms with Crippen molar-refractivity contribution in [3.8, 4) is 11.1 Å². The summed E-state index contributed by atoms with van der Waals surface area (Å²) in [5.41, 5.74) is 3.29. The number of aryl methyl sites for hydroxylation is 3. The van der Waals surface area contributed by atoms with E-state index in [9.17, 15) is 4.79 Å². The van der Waals surface area contributed by atoms with Crippen molar-refractivity contribution < 1.29 is 4.79 Å². The highest BCUT2D eigenvalue weighted by atomic mass is 32.1. The number of fused-ring (bicyclic) bond motifs is 1. The topological polar surface area (TPSA) is 79.8 Å². The second kappa shape index (κ2) is 8.89. The van der Waals surface area contributed by atoms with Crippen molar-refractivity contribution in [3.05, 3.63) is 52.1 Å². The van der Waals surface area contributed by atoms with E-state index in [-0.39, 0.29) is 5.91 Å². The third kappa shape index (κ3) is 4.34. The van der Waals surface area contributed by atoms with Crippen molar-refractivity contribution in [2.75, 3.05) is 17.2 Å². The minimum Gasteiger partial charge on any atom is -0.369 e. The van der Waals surface area contributed by atoms with Gasteiger partial charge in [0.15, 0.2) is 5.13 Å². The summed E-state index contributed by atoms with van der Waals surface area (Å²) >= 11 is 3.18. The first kappa shape index (κ1) is 20.4. The summed E-state index contributed by atoms with van der Waals surface area (Å²) in [6.45, 7) is 6.72. The number of aromatic nitrogens is 3. The number of thiophene rings is 1. The van der Waals surface area contributed by atoms with Gasteiger partial charge in [0.1, 0.15) is 17.0 Å². The SMILES string of the molecule is Cc1nc(NC(=O)CCCNc2ncnc3sc(C)c(-c4ccccc4)c23)sc1C. The monoisotopic (exact) mass is 437 g/mol. The van der Waals surface area contributed by atoms with Crippen molar-refractivity contribution >= 4 is 49.7 Å². The van der Waals surface area contributed by atoms with Gasteiger partial charge in [0.25, 0.3) is 0 Å². The Kier molecular flexibility index (Phi) is 6.06. The molecule has 3 heterocycles. The zero-order chi connectivity index (χ0) is 21.1. The highest BCUT2D eigenvalue weighted by Gasteiger charge is 2.16. The number of nitrogens with one attached hydrogen (secondary N) is 2. The van der Waals surface area contributed by atoms with Crippen molar-refractivity contribution in [1.29, 1.82) is 0 Å². The zero-order valence-electron chi connectivity index (χ0n) is 17.2. The molecule has 0 saturated carbocycles. The van der Waals surface area contributed by atoms with Crippen LogP contribution in [0, 0.1) is 20.8 Å². The fourth-order valence-corrected chi connectivity index (χ4v) is 5.14. The van der Waals surface area contributed by atoms with Gasteiger partial charge in [0, 0.05) is 28.3 Å². The van der Waals surface area contributed by atoms with Crippen LogP contribution in [0.1, 0.15) is 28.3 Å². The molecule has 0 atom stereocenters. The first-order valence-electron chi connectivity index (χ1n) is 9.80. The normalized spacial score (nSPS) is 11.0. The lowest BCUT2D eigenvalue weighted by Gasteiger charge is -2.09. The maximum Gasteiger partial charge on any atom is 0.226 e. The Morgan fingerprint density at radius 2 is 1.83 bits per heavy atom. The van der Waals surface area contributed by atoms with Gasteiger partial charge in [0.05, 0.1) is 11.1 Å². The Bertz CT molecular complexity index is 1160. The standard InChI is InChI=1S/C22H23N5OS2/c1-13-14(2)30-22(26-13)27-17(28)10-7-11-23-20-19-18(16-8-5-4-6-9-16)15(3)29-21(19)25-12-24-20/h4-6,8-9,12H,7,10-11H2,1-3H3,(H,23,24,25)(H,26,27,28). The molecule has 0 fully saturated rings. The number of rotatable bonds is 7. The molecule has 0 saturated heterocycles. The lowest BCUT2D eigenvalue weighted by atomic mass is 10.0. The van der Waals surface area contributed by atoms with E-state index < -0.39 is 0 Å². The zero-order valence-corrected chi connectivity index (χ0v) is 18.8. The van der Waals surface area contributed by atoms with Gasteiger partial charge >= 0.3 is 0 Å². The molecule has 0 aliphatic carbocycles. The average molecular weight is 438 g/mol. The minimum absolute atomic E-state index is 0.0188. The number of hydrogen-bond donors (Lipinski definition) is 2. The summed E-state index contributed by atoms with van der Waals surface area (Å²) in [5.74, 6) is 0.796. The summed E-state index contributed by atoms with van der Waals surface area (Å²) < 4.78 is 0. The second-order valence-corrected chi connectivity index (χ2v) is 9.45. The highest BCUT2D eigenvalue weighted by Crippen LogP contribution is 2.40. The van der Waals surface area contributed by atoms with E-state index in [1.54, 1.807) is 17.7 Å². The summed E-state index contributed by atoms with van der Waals surface area (Å²) in [4.78, 5) is 28.8. The van der Waals surface area contributed by atoms with Crippen LogP contribution in [0.4, 0.5) is 10.9 Å². The molecule has 0 bridgehead atoms. The number of benzene rings is 1. The smallest absolute Gasteiger partial charge is 0.226 e. The van der Waals surface area contributed by atoms with Crippen LogP contribution in [0.5, 0.6) is 0 Å². The molecule has 30 heavy (non-hydrogen) atoms. The molecule has 4 aromatic rings. The van der Waals surface area contributed by atoms with Crippen LogP contribution < -0.4 is 10.6 Å². The summed E-state index contributed by atoms with van der Waals surface area (Å²) in [5, 5.41) is 8.00. The molecule has 0 aliphatic heterocycles. The number of hydrogen-bond acceptors (Lipinski definition) is 7. The van der Waals surface area contributed by atoms with Gasteiger partial charge in [-0.15, -0.1) is 22.7 Å². The maximum absolute atomic E-state index is 12.2. The minimum atomic E-state index is -0.0188. The van der Waals surface area contributed by atoms with Crippen LogP contribution in [-0.4, -0.2) is 27.4 Å². The van der Waals surface area contributed by atoms with Crippen LogP contribution in [0.3, 0.4) is 0 Å². The second-order valence-electron chi connectivity index (χ2n) is 7.04. The van der Waals surface area contributed by atoms with E-state index in [0.717, 1.165) is 32.2 Å². The third-order valence-corrected chi connectivity index (χ3v) is 6.88. The van der Waals surface area contributed by atoms with Crippen LogP contribution in [0.25, 0.3) is 21.3 Å². The molecule has 154 valence electrons. The van der Waals surface area contributed by atoms with Crippen molar-refractivity contribution in [3.63, 3.8) is 0 Å². The Morgan fingerprint density at radius 1 is 1.03 bits per heavy atom. The highest BCUT2D eigenvalue weighted by molar-refractivity contribution is 7.19. The average Bonchev–Trinajstić information content (AvgIpc) is 3.23. The molecule has 3 aromatic heterocycles. The molecule has 1 amide bonds. The molecule has 0 spiro atoms. The molecular weight excluding hydrogens is 414 g/mol. The molecule has 0 aliphatic rings. The first-order chi connectivity index (χ1) is 14.5. The number of anilines is 2. The number of nitrogens with zero attached hydrogens (tertiary/aromatic N) is 3. The van der Waals surface area contributed by atoms with Gasteiger partial charge in [-0.05, 0) is 32.8 Å². The van der Waals surface area contributed by atoms with E-state index in [1.807, 2.05) is 32.0 Å². The number of carbonyl (C=O) groups is 1.